The second-order valence-electron chi connectivity index (χ2n) is 5.72. The average molecular weight is 321 g/mol. The highest BCUT2D eigenvalue weighted by atomic mass is 35.5. The average Bonchev–Trinajstić information content (AvgIpc) is 3.18. The van der Waals surface area contributed by atoms with Gasteiger partial charge in [-0.1, -0.05) is 17.7 Å². The number of likely N-dealkylation sites (tertiary alicyclic amines) is 1. The molecule has 0 spiro atoms. The lowest BCUT2D eigenvalue weighted by Gasteiger charge is -2.31. The molecule has 5 nitrogen and oxygen atoms in total. The third kappa shape index (κ3) is 3.10. The highest BCUT2D eigenvalue weighted by Crippen LogP contribution is 2.33. The fourth-order valence-electron chi connectivity index (χ4n) is 3.24. The van der Waals surface area contributed by atoms with Crippen molar-refractivity contribution in [1.82, 2.24) is 19.7 Å². The molecule has 0 unspecified atom stereocenters. The molecule has 3 rings (SSSR count). The van der Waals surface area contributed by atoms with E-state index in [0.717, 1.165) is 18.8 Å². The van der Waals surface area contributed by atoms with Crippen molar-refractivity contribution in [2.75, 3.05) is 13.7 Å². The molecule has 2 atom stereocenters. The molecule has 0 aliphatic carbocycles. The molecule has 1 saturated heterocycles. The molecule has 0 bridgehead atoms. The Morgan fingerprint density at radius 1 is 1.45 bits per heavy atom. The Morgan fingerprint density at radius 2 is 2.32 bits per heavy atom. The SMILES string of the molecule is COc1ccc([C@@H](C)N2CCC[C@@H]2Cn2cncn2)cc1Cl. The minimum Gasteiger partial charge on any atom is -0.495 e. The van der Waals surface area contributed by atoms with Crippen molar-refractivity contribution in [2.45, 2.75) is 38.4 Å². The lowest BCUT2D eigenvalue weighted by atomic mass is 10.1. The van der Waals surface area contributed by atoms with Crippen LogP contribution in [0.25, 0.3) is 0 Å². The van der Waals surface area contributed by atoms with Crippen molar-refractivity contribution in [1.29, 1.82) is 0 Å². The van der Waals surface area contributed by atoms with E-state index in [9.17, 15) is 0 Å². The zero-order chi connectivity index (χ0) is 15.5. The lowest BCUT2D eigenvalue weighted by Crippen LogP contribution is -2.35. The van der Waals surface area contributed by atoms with Crippen molar-refractivity contribution in [3.63, 3.8) is 0 Å². The van der Waals surface area contributed by atoms with Gasteiger partial charge in [-0.25, -0.2) is 4.98 Å². The highest BCUT2D eigenvalue weighted by molar-refractivity contribution is 6.32. The molecule has 1 aliphatic rings. The largest absolute Gasteiger partial charge is 0.495 e. The second kappa shape index (κ2) is 6.67. The molecule has 1 fully saturated rings. The smallest absolute Gasteiger partial charge is 0.137 e. The molecule has 2 heterocycles. The van der Waals surface area contributed by atoms with Gasteiger partial charge in [0, 0.05) is 12.1 Å². The number of methoxy groups -OCH3 is 1. The second-order valence-corrected chi connectivity index (χ2v) is 6.13. The summed E-state index contributed by atoms with van der Waals surface area (Å²) in [5.74, 6) is 0.721. The molecular formula is C16H21ClN4O. The van der Waals surface area contributed by atoms with Crippen LogP contribution in [-0.4, -0.2) is 39.4 Å². The molecule has 0 N–H and O–H groups in total. The van der Waals surface area contributed by atoms with E-state index in [1.165, 1.54) is 18.4 Å². The number of halogens is 1. The third-order valence-corrected chi connectivity index (χ3v) is 4.74. The summed E-state index contributed by atoms with van der Waals surface area (Å²) >= 11 is 6.27. The van der Waals surface area contributed by atoms with Crippen LogP contribution in [0.1, 0.15) is 31.4 Å². The molecule has 2 aromatic rings. The first-order chi connectivity index (χ1) is 10.7. The van der Waals surface area contributed by atoms with E-state index in [4.69, 9.17) is 16.3 Å². The molecule has 0 radical (unpaired) electrons. The summed E-state index contributed by atoms with van der Waals surface area (Å²) < 4.78 is 7.15. The van der Waals surface area contributed by atoms with Crippen molar-refractivity contribution in [3.8, 4) is 5.75 Å². The molecule has 0 saturated carbocycles. The van der Waals surface area contributed by atoms with Gasteiger partial charge in [-0.15, -0.1) is 0 Å². The summed E-state index contributed by atoms with van der Waals surface area (Å²) in [6.07, 6.45) is 5.78. The fourth-order valence-corrected chi connectivity index (χ4v) is 3.51. The first-order valence-corrected chi connectivity index (χ1v) is 7.98. The van der Waals surface area contributed by atoms with Crippen molar-refractivity contribution < 1.29 is 4.74 Å². The molecule has 1 aromatic carbocycles. The van der Waals surface area contributed by atoms with E-state index < -0.39 is 0 Å². The van der Waals surface area contributed by atoms with Gasteiger partial charge in [0.15, 0.2) is 0 Å². The monoisotopic (exact) mass is 320 g/mol. The normalized spacial score (nSPS) is 20.2. The molecular weight excluding hydrogens is 300 g/mol. The van der Waals surface area contributed by atoms with Crippen molar-refractivity contribution >= 4 is 11.6 Å². The maximum Gasteiger partial charge on any atom is 0.137 e. The predicted octanol–water partition coefficient (Wildman–Crippen LogP) is 3.17. The van der Waals surface area contributed by atoms with Crippen molar-refractivity contribution in [3.05, 3.63) is 41.4 Å². The van der Waals surface area contributed by atoms with Gasteiger partial charge >= 0.3 is 0 Å². The summed E-state index contributed by atoms with van der Waals surface area (Å²) in [5.41, 5.74) is 1.22. The zero-order valence-corrected chi connectivity index (χ0v) is 13.7. The van der Waals surface area contributed by atoms with Gasteiger partial charge in [0.25, 0.3) is 0 Å². The molecule has 118 valence electrons. The predicted molar refractivity (Wildman–Crippen MR) is 86.2 cm³/mol. The van der Waals surface area contributed by atoms with Gasteiger partial charge in [-0.05, 0) is 44.0 Å². The van der Waals surface area contributed by atoms with Crippen LogP contribution in [0.4, 0.5) is 0 Å². The quantitative estimate of drug-likeness (QED) is 0.848. The van der Waals surface area contributed by atoms with Crippen molar-refractivity contribution in [2.24, 2.45) is 0 Å². The molecule has 0 amide bonds. The van der Waals surface area contributed by atoms with Crippen LogP contribution in [-0.2, 0) is 6.54 Å². The Balaban J connectivity index is 1.75. The number of nitrogens with zero attached hydrogens (tertiary/aromatic N) is 4. The Kier molecular flexibility index (Phi) is 4.64. The van der Waals surface area contributed by atoms with Crippen LogP contribution in [0.3, 0.4) is 0 Å². The van der Waals surface area contributed by atoms with E-state index in [-0.39, 0.29) is 0 Å². The van der Waals surface area contributed by atoms with Crippen LogP contribution >= 0.6 is 11.6 Å². The Bertz CT molecular complexity index is 617. The molecule has 22 heavy (non-hydrogen) atoms. The summed E-state index contributed by atoms with van der Waals surface area (Å²) in [5, 5.41) is 4.89. The molecule has 1 aliphatic heterocycles. The van der Waals surface area contributed by atoms with Crippen LogP contribution in [0.2, 0.25) is 5.02 Å². The van der Waals surface area contributed by atoms with E-state index >= 15 is 0 Å². The maximum absolute atomic E-state index is 6.27. The first-order valence-electron chi connectivity index (χ1n) is 7.60. The van der Waals surface area contributed by atoms with Crippen LogP contribution in [0.5, 0.6) is 5.75 Å². The Hall–Kier alpha value is -1.59. The number of benzene rings is 1. The topological polar surface area (TPSA) is 43.2 Å². The van der Waals surface area contributed by atoms with Crippen LogP contribution in [0, 0.1) is 0 Å². The van der Waals surface area contributed by atoms with Gasteiger partial charge in [0.2, 0.25) is 0 Å². The Labute approximate surface area is 135 Å². The van der Waals surface area contributed by atoms with E-state index in [2.05, 4.69) is 28.0 Å². The van der Waals surface area contributed by atoms with Gasteiger partial charge in [0.05, 0.1) is 18.7 Å². The minimum atomic E-state index is 0.319. The Morgan fingerprint density at radius 3 is 3.00 bits per heavy atom. The first kappa shape index (κ1) is 15.3. The van der Waals surface area contributed by atoms with Gasteiger partial charge in [-0.3, -0.25) is 9.58 Å². The number of ether oxygens (including phenoxy) is 1. The van der Waals surface area contributed by atoms with Crippen LogP contribution in [0.15, 0.2) is 30.9 Å². The summed E-state index contributed by atoms with van der Waals surface area (Å²) in [6.45, 7) is 4.22. The summed E-state index contributed by atoms with van der Waals surface area (Å²) in [6, 6.07) is 6.85. The minimum absolute atomic E-state index is 0.319. The molecule has 6 heteroatoms. The van der Waals surface area contributed by atoms with Gasteiger partial charge in [-0.2, -0.15) is 5.10 Å². The standard InChI is InChI=1S/C16H21ClN4O/c1-12(13-5-6-16(22-2)15(17)8-13)21-7-3-4-14(21)9-20-11-18-10-19-20/h5-6,8,10-12,14H,3-4,7,9H2,1-2H3/t12-,14-/m1/s1. The van der Waals surface area contributed by atoms with Gasteiger partial charge < -0.3 is 4.74 Å². The van der Waals surface area contributed by atoms with E-state index in [1.807, 2.05) is 16.8 Å². The fraction of sp³-hybridized carbons (Fsp3) is 0.500. The number of aromatic nitrogens is 3. The number of rotatable bonds is 5. The third-order valence-electron chi connectivity index (χ3n) is 4.44. The summed E-state index contributed by atoms with van der Waals surface area (Å²) in [4.78, 5) is 6.55. The van der Waals surface area contributed by atoms with E-state index in [1.54, 1.807) is 19.8 Å². The summed E-state index contributed by atoms with van der Waals surface area (Å²) in [7, 11) is 1.64. The maximum atomic E-state index is 6.27. The molecule has 1 aromatic heterocycles. The lowest BCUT2D eigenvalue weighted by molar-refractivity contribution is 0.173. The van der Waals surface area contributed by atoms with Crippen LogP contribution < -0.4 is 4.74 Å². The zero-order valence-electron chi connectivity index (χ0n) is 12.9. The number of hydrogen-bond donors (Lipinski definition) is 0. The van der Waals surface area contributed by atoms with Gasteiger partial charge in [0.1, 0.15) is 18.4 Å². The van der Waals surface area contributed by atoms with E-state index in [0.29, 0.717) is 17.1 Å². The highest BCUT2D eigenvalue weighted by Gasteiger charge is 2.29. The number of hydrogen-bond acceptors (Lipinski definition) is 4.